The largest absolute Gasteiger partial charge is 0.352 e. The number of nitrogens with one attached hydrogen (secondary N) is 1. The van der Waals surface area contributed by atoms with Crippen molar-refractivity contribution >= 4 is 50.7 Å². The lowest BCUT2D eigenvalue weighted by molar-refractivity contribution is -0.140. The standard InChI is InChI=1S/C37H39Cl2N3O4S/c1-26-16-18-34(19-17-26)47(45,46)42(33-22-30(38)21-31(39)23-33)25-36(43)41(24-29-13-7-6-10-27(29)2)35(20-28-11-4-3-5-12-28)37(44)40-32-14-8-9-15-32/h3-7,10-13,16-19,21-23,32,35H,8-9,14-15,20,24-25H2,1-2H3,(H,40,44)/t35-/m1/s1. The molecule has 0 unspecified atom stereocenters. The van der Waals surface area contributed by atoms with Crippen molar-refractivity contribution in [1.29, 1.82) is 0 Å². The highest BCUT2D eigenvalue weighted by Gasteiger charge is 2.36. The maximum absolute atomic E-state index is 14.7. The molecule has 1 fully saturated rings. The Labute approximate surface area is 287 Å². The predicted octanol–water partition coefficient (Wildman–Crippen LogP) is 7.50. The second-order valence-electron chi connectivity index (χ2n) is 12.1. The molecule has 10 heteroatoms. The van der Waals surface area contributed by atoms with Crippen molar-refractivity contribution in [1.82, 2.24) is 10.2 Å². The van der Waals surface area contributed by atoms with Crippen LogP contribution in [0.2, 0.25) is 10.0 Å². The monoisotopic (exact) mass is 691 g/mol. The highest BCUT2D eigenvalue weighted by Crippen LogP contribution is 2.31. The van der Waals surface area contributed by atoms with E-state index in [0.29, 0.717) is 0 Å². The van der Waals surface area contributed by atoms with Crippen LogP contribution in [0.15, 0.2) is 102 Å². The van der Waals surface area contributed by atoms with Crippen LogP contribution in [0.4, 0.5) is 5.69 Å². The predicted molar refractivity (Wildman–Crippen MR) is 188 cm³/mol. The molecule has 1 aliphatic carbocycles. The number of nitrogens with zero attached hydrogens (tertiary/aromatic N) is 2. The fourth-order valence-electron chi connectivity index (χ4n) is 5.94. The van der Waals surface area contributed by atoms with Gasteiger partial charge in [0.25, 0.3) is 10.0 Å². The van der Waals surface area contributed by atoms with Gasteiger partial charge < -0.3 is 10.2 Å². The molecule has 1 N–H and O–H groups in total. The second-order valence-corrected chi connectivity index (χ2v) is 14.8. The van der Waals surface area contributed by atoms with Crippen LogP contribution in [0, 0.1) is 13.8 Å². The summed E-state index contributed by atoms with van der Waals surface area (Å²) >= 11 is 12.7. The lowest BCUT2D eigenvalue weighted by atomic mass is 10.0. The fourth-order valence-corrected chi connectivity index (χ4v) is 7.85. The van der Waals surface area contributed by atoms with Crippen molar-refractivity contribution in [3.63, 3.8) is 0 Å². The summed E-state index contributed by atoms with van der Waals surface area (Å²) in [4.78, 5) is 30.4. The van der Waals surface area contributed by atoms with Gasteiger partial charge in [0, 0.05) is 29.1 Å². The van der Waals surface area contributed by atoms with E-state index in [1.165, 1.54) is 35.2 Å². The van der Waals surface area contributed by atoms with E-state index >= 15 is 0 Å². The third-order valence-corrected chi connectivity index (χ3v) is 10.8. The zero-order valence-corrected chi connectivity index (χ0v) is 28.9. The normalized spacial score (nSPS) is 14.0. The van der Waals surface area contributed by atoms with E-state index < -0.39 is 28.5 Å². The van der Waals surface area contributed by atoms with Crippen LogP contribution in [-0.2, 0) is 32.6 Å². The lowest BCUT2D eigenvalue weighted by Crippen LogP contribution is -2.54. The van der Waals surface area contributed by atoms with Gasteiger partial charge in [-0.1, -0.05) is 108 Å². The first-order chi connectivity index (χ1) is 22.5. The molecule has 1 aliphatic rings. The highest BCUT2D eigenvalue weighted by atomic mass is 35.5. The Morgan fingerprint density at radius 2 is 1.47 bits per heavy atom. The number of hydrogen-bond acceptors (Lipinski definition) is 4. The fraction of sp³-hybridized carbons (Fsp3) is 0.297. The van der Waals surface area contributed by atoms with Gasteiger partial charge in [-0.15, -0.1) is 0 Å². The Kier molecular flexibility index (Phi) is 11.3. The van der Waals surface area contributed by atoms with E-state index in [4.69, 9.17) is 23.2 Å². The van der Waals surface area contributed by atoms with Gasteiger partial charge >= 0.3 is 0 Å². The van der Waals surface area contributed by atoms with E-state index in [-0.39, 0.29) is 45.5 Å². The number of aryl methyl sites for hydroxylation is 2. The molecule has 246 valence electrons. The maximum Gasteiger partial charge on any atom is 0.264 e. The molecule has 1 saturated carbocycles. The number of amides is 2. The first kappa shape index (κ1) is 34.5. The van der Waals surface area contributed by atoms with Gasteiger partial charge in [0.2, 0.25) is 11.8 Å². The Bertz CT molecular complexity index is 1790. The number of sulfonamides is 1. The summed E-state index contributed by atoms with van der Waals surface area (Å²) < 4.78 is 29.5. The van der Waals surface area contributed by atoms with Crippen molar-refractivity contribution < 1.29 is 18.0 Å². The van der Waals surface area contributed by atoms with Crippen LogP contribution >= 0.6 is 23.2 Å². The van der Waals surface area contributed by atoms with E-state index in [9.17, 15) is 18.0 Å². The molecule has 0 aliphatic heterocycles. The van der Waals surface area contributed by atoms with Gasteiger partial charge in [-0.3, -0.25) is 13.9 Å². The number of carbonyl (C=O) groups is 2. The van der Waals surface area contributed by atoms with Gasteiger partial charge in [-0.2, -0.15) is 0 Å². The molecule has 5 rings (SSSR count). The van der Waals surface area contributed by atoms with Gasteiger partial charge in [0.15, 0.2) is 0 Å². The number of benzene rings is 4. The second kappa shape index (κ2) is 15.4. The molecule has 2 amide bonds. The van der Waals surface area contributed by atoms with E-state index in [2.05, 4.69) is 5.32 Å². The molecule has 47 heavy (non-hydrogen) atoms. The summed E-state index contributed by atoms with van der Waals surface area (Å²) in [7, 11) is -4.27. The summed E-state index contributed by atoms with van der Waals surface area (Å²) in [5, 5.41) is 3.64. The minimum absolute atomic E-state index is 0.0114. The van der Waals surface area contributed by atoms with Crippen LogP contribution in [0.3, 0.4) is 0 Å². The number of carbonyl (C=O) groups excluding carboxylic acids is 2. The van der Waals surface area contributed by atoms with Gasteiger partial charge in [-0.05, 0) is 73.7 Å². The Hall–Kier alpha value is -3.85. The number of rotatable bonds is 12. The Balaban J connectivity index is 1.59. The number of halogens is 2. The zero-order chi connectivity index (χ0) is 33.6. The maximum atomic E-state index is 14.7. The van der Waals surface area contributed by atoms with Crippen LogP contribution in [-0.4, -0.2) is 43.8 Å². The van der Waals surface area contributed by atoms with Crippen LogP contribution in [0.25, 0.3) is 0 Å². The third-order valence-electron chi connectivity index (χ3n) is 8.60. The van der Waals surface area contributed by atoms with E-state index in [0.717, 1.165) is 52.2 Å². The molecule has 4 aromatic carbocycles. The van der Waals surface area contributed by atoms with Crippen molar-refractivity contribution in [3.05, 3.63) is 129 Å². The lowest BCUT2D eigenvalue weighted by Gasteiger charge is -2.34. The SMILES string of the molecule is Cc1ccc(S(=O)(=O)N(CC(=O)N(Cc2ccccc2C)[C@H](Cc2ccccc2)C(=O)NC2CCCC2)c2cc(Cl)cc(Cl)c2)cc1. The molecule has 0 radical (unpaired) electrons. The first-order valence-corrected chi connectivity index (χ1v) is 17.9. The van der Waals surface area contributed by atoms with Crippen LogP contribution in [0.1, 0.15) is 47.9 Å². The molecule has 0 heterocycles. The molecule has 0 bridgehead atoms. The summed E-state index contributed by atoms with van der Waals surface area (Å²) in [6.45, 7) is 3.34. The molecule has 1 atom stereocenters. The number of anilines is 1. The van der Waals surface area contributed by atoms with Gasteiger partial charge in [0.1, 0.15) is 12.6 Å². The van der Waals surface area contributed by atoms with E-state index in [1.807, 2.05) is 68.4 Å². The van der Waals surface area contributed by atoms with Crippen LogP contribution < -0.4 is 9.62 Å². The minimum atomic E-state index is -4.27. The molecular formula is C37H39Cl2N3O4S. The highest BCUT2D eigenvalue weighted by molar-refractivity contribution is 7.92. The average Bonchev–Trinajstić information content (AvgIpc) is 3.55. The third kappa shape index (κ3) is 8.74. The van der Waals surface area contributed by atoms with Crippen molar-refractivity contribution in [3.8, 4) is 0 Å². The smallest absolute Gasteiger partial charge is 0.264 e. The summed E-state index contributed by atoms with van der Waals surface area (Å²) in [6, 6.07) is 27.2. The molecule has 0 aromatic heterocycles. The average molecular weight is 693 g/mol. The molecular weight excluding hydrogens is 653 g/mol. The number of hydrogen-bond donors (Lipinski definition) is 1. The van der Waals surface area contributed by atoms with Crippen molar-refractivity contribution in [2.45, 2.75) is 69.5 Å². The zero-order valence-electron chi connectivity index (χ0n) is 26.5. The van der Waals surface area contributed by atoms with Gasteiger partial charge in [0.05, 0.1) is 10.6 Å². The van der Waals surface area contributed by atoms with Crippen molar-refractivity contribution in [2.24, 2.45) is 0 Å². The summed E-state index contributed by atoms with van der Waals surface area (Å²) in [5.74, 6) is -0.802. The first-order valence-electron chi connectivity index (χ1n) is 15.7. The molecule has 0 saturated heterocycles. The van der Waals surface area contributed by atoms with E-state index in [1.54, 1.807) is 12.1 Å². The molecule has 4 aromatic rings. The Morgan fingerprint density at radius 1 is 0.851 bits per heavy atom. The van der Waals surface area contributed by atoms with Crippen LogP contribution in [0.5, 0.6) is 0 Å². The molecule has 7 nitrogen and oxygen atoms in total. The summed E-state index contributed by atoms with van der Waals surface area (Å²) in [5.41, 5.74) is 3.71. The Morgan fingerprint density at radius 3 is 2.11 bits per heavy atom. The van der Waals surface area contributed by atoms with Gasteiger partial charge in [-0.25, -0.2) is 8.42 Å². The quantitative estimate of drug-likeness (QED) is 0.167. The minimum Gasteiger partial charge on any atom is -0.352 e. The summed E-state index contributed by atoms with van der Waals surface area (Å²) in [6.07, 6.45) is 4.09. The topological polar surface area (TPSA) is 86.8 Å². The molecule has 0 spiro atoms. The van der Waals surface area contributed by atoms with Crippen molar-refractivity contribution in [2.75, 3.05) is 10.8 Å².